The van der Waals surface area contributed by atoms with Gasteiger partial charge in [0.2, 0.25) is 15.9 Å². The molecule has 0 bridgehead atoms. The molecule has 1 aromatic heterocycles. The van der Waals surface area contributed by atoms with E-state index >= 15 is 0 Å². The van der Waals surface area contributed by atoms with Crippen LogP contribution in [0.1, 0.15) is 53.1 Å². The molecule has 0 atom stereocenters. The molecule has 2 heterocycles. The van der Waals surface area contributed by atoms with Gasteiger partial charge in [-0.15, -0.1) is 0 Å². The first-order valence-corrected chi connectivity index (χ1v) is 13.4. The number of amides is 1. The Kier molecular flexibility index (Phi) is 7.69. The molecule has 3 aromatic rings. The first-order chi connectivity index (χ1) is 17.4. The highest BCUT2D eigenvalue weighted by Gasteiger charge is 2.31. The van der Waals surface area contributed by atoms with Gasteiger partial charge in [-0.25, -0.2) is 13.6 Å². The Morgan fingerprint density at radius 3 is 2.32 bits per heavy atom. The van der Waals surface area contributed by atoms with E-state index in [2.05, 4.69) is 10.2 Å². The third-order valence-corrected chi connectivity index (χ3v) is 7.56. The van der Waals surface area contributed by atoms with Gasteiger partial charge in [0.1, 0.15) is 0 Å². The Hall–Kier alpha value is -3.25. The number of carbonyl (C=O) groups excluding carboxylic acids is 1. The smallest absolute Gasteiger partial charge is 0.343 e. The van der Waals surface area contributed by atoms with Crippen LogP contribution in [0.25, 0.3) is 0 Å². The van der Waals surface area contributed by atoms with Gasteiger partial charge >= 0.3 is 6.18 Å². The van der Waals surface area contributed by atoms with Gasteiger partial charge < -0.3 is 4.90 Å². The summed E-state index contributed by atoms with van der Waals surface area (Å²) in [5, 5.41) is 13.4. The number of primary sulfonamides is 1. The lowest BCUT2D eigenvalue weighted by Gasteiger charge is -2.32. The molecule has 37 heavy (non-hydrogen) atoms. The molecule has 2 N–H and O–H groups in total. The molecular weight excluding hydrogens is 507 g/mol. The molecule has 2 aromatic carbocycles. The minimum Gasteiger partial charge on any atom is -0.343 e. The molecule has 1 saturated heterocycles. The lowest BCUT2D eigenvalue weighted by atomic mass is 9.89. The van der Waals surface area contributed by atoms with Crippen molar-refractivity contribution >= 4 is 15.9 Å². The van der Waals surface area contributed by atoms with Crippen LogP contribution in [0.4, 0.5) is 13.2 Å². The average molecular weight is 536 g/mol. The molecule has 0 unspecified atom stereocenters. The second-order valence-electron chi connectivity index (χ2n) is 9.27. The van der Waals surface area contributed by atoms with Crippen molar-refractivity contribution in [3.63, 3.8) is 0 Å². The molecule has 198 valence electrons. The van der Waals surface area contributed by atoms with Gasteiger partial charge in [0.15, 0.2) is 0 Å². The SMILES string of the molecule is Cc1cnn(Cc2cc(C(F)(F)F)ccc2CCC(=O)N2CCC(c3ccc(S(N)(=O)=O)cc3)CC2)n1. The van der Waals surface area contributed by atoms with Crippen LogP contribution in [0.2, 0.25) is 0 Å². The molecule has 0 radical (unpaired) electrons. The van der Waals surface area contributed by atoms with Crippen molar-refractivity contribution in [2.75, 3.05) is 13.1 Å². The largest absolute Gasteiger partial charge is 0.416 e. The van der Waals surface area contributed by atoms with Gasteiger partial charge in [0.05, 0.1) is 28.9 Å². The van der Waals surface area contributed by atoms with E-state index < -0.39 is 21.8 Å². The number of benzene rings is 2. The molecule has 8 nitrogen and oxygen atoms in total. The van der Waals surface area contributed by atoms with Gasteiger partial charge in [0.25, 0.3) is 0 Å². The predicted molar refractivity (Wildman–Crippen MR) is 130 cm³/mol. The average Bonchev–Trinajstić information content (AvgIpc) is 3.26. The van der Waals surface area contributed by atoms with Crippen molar-refractivity contribution in [2.45, 2.75) is 56.1 Å². The number of carbonyl (C=O) groups is 1. The standard InChI is InChI=1S/C25H28F3N5O3S/c1-17-15-30-33(31-17)16-21-14-22(25(26,27)28)6-2-19(21)5-9-24(34)32-12-10-20(11-13-32)18-3-7-23(8-4-18)37(29,35)36/h2-4,6-8,14-15,20H,5,9-13,16H2,1H3,(H2,29,35,36). The summed E-state index contributed by atoms with van der Waals surface area (Å²) in [6.45, 7) is 2.93. The Bertz CT molecular complexity index is 1360. The van der Waals surface area contributed by atoms with Crippen LogP contribution >= 0.6 is 0 Å². The predicted octanol–water partition coefficient (Wildman–Crippen LogP) is 3.64. The van der Waals surface area contributed by atoms with Gasteiger partial charge in [-0.3, -0.25) is 4.79 Å². The van der Waals surface area contributed by atoms with Gasteiger partial charge in [-0.2, -0.15) is 28.2 Å². The van der Waals surface area contributed by atoms with E-state index in [0.29, 0.717) is 36.3 Å². The van der Waals surface area contributed by atoms with Gasteiger partial charge in [-0.05, 0) is 73.1 Å². The molecule has 4 rings (SSSR count). The quantitative estimate of drug-likeness (QED) is 0.497. The Morgan fingerprint density at radius 1 is 1.08 bits per heavy atom. The Balaban J connectivity index is 1.37. The second-order valence-corrected chi connectivity index (χ2v) is 10.8. The summed E-state index contributed by atoms with van der Waals surface area (Å²) in [5.74, 6) is 0.145. The van der Waals surface area contributed by atoms with E-state index in [1.54, 1.807) is 24.0 Å². The lowest BCUT2D eigenvalue weighted by Crippen LogP contribution is -2.38. The molecule has 1 amide bonds. The molecule has 1 fully saturated rings. The summed E-state index contributed by atoms with van der Waals surface area (Å²) in [4.78, 5) is 16.1. The summed E-state index contributed by atoms with van der Waals surface area (Å²) in [6.07, 6.45) is -0.986. The highest BCUT2D eigenvalue weighted by Crippen LogP contribution is 2.32. The van der Waals surface area contributed by atoms with E-state index in [0.717, 1.165) is 30.5 Å². The first-order valence-electron chi connectivity index (χ1n) is 11.9. The number of nitrogens with two attached hydrogens (primary N) is 1. The molecule has 1 aliphatic rings. The molecule has 1 aliphatic heterocycles. The summed E-state index contributed by atoms with van der Waals surface area (Å²) in [7, 11) is -3.75. The third kappa shape index (κ3) is 6.75. The molecule has 0 spiro atoms. The zero-order valence-electron chi connectivity index (χ0n) is 20.3. The number of sulfonamides is 1. The maximum Gasteiger partial charge on any atom is 0.416 e. The number of aryl methyl sites for hydroxylation is 2. The van der Waals surface area contributed by atoms with Crippen molar-refractivity contribution in [3.05, 3.63) is 76.6 Å². The normalized spacial score (nSPS) is 15.2. The fourth-order valence-electron chi connectivity index (χ4n) is 4.60. The summed E-state index contributed by atoms with van der Waals surface area (Å²) in [6, 6.07) is 10.1. The number of aromatic nitrogens is 3. The molecular formula is C25H28F3N5O3S. The Morgan fingerprint density at radius 2 is 1.76 bits per heavy atom. The van der Waals surface area contributed by atoms with Crippen molar-refractivity contribution < 1.29 is 26.4 Å². The lowest BCUT2D eigenvalue weighted by molar-refractivity contribution is -0.137. The summed E-state index contributed by atoms with van der Waals surface area (Å²) in [5.41, 5.74) is 1.99. The van der Waals surface area contributed by atoms with Crippen LogP contribution in [0.15, 0.2) is 53.6 Å². The maximum absolute atomic E-state index is 13.3. The van der Waals surface area contributed by atoms with Crippen molar-refractivity contribution in [3.8, 4) is 0 Å². The second kappa shape index (κ2) is 10.6. The van der Waals surface area contributed by atoms with E-state index in [-0.39, 0.29) is 29.7 Å². The van der Waals surface area contributed by atoms with Crippen LogP contribution in [0.5, 0.6) is 0 Å². The number of hydrogen-bond donors (Lipinski definition) is 1. The summed E-state index contributed by atoms with van der Waals surface area (Å²) < 4.78 is 62.8. The fourth-order valence-corrected chi connectivity index (χ4v) is 5.11. The van der Waals surface area contributed by atoms with Crippen LogP contribution in [-0.2, 0) is 34.0 Å². The van der Waals surface area contributed by atoms with Gasteiger partial charge in [-0.1, -0.05) is 18.2 Å². The minimum atomic E-state index is -4.47. The van der Waals surface area contributed by atoms with Crippen molar-refractivity contribution in [2.24, 2.45) is 5.14 Å². The number of hydrogen-bond acceptors (Lipinski definition) is 5. The third-order valence-electron chi connectivity index (χ3n) is 6.63. The van der Waals surface area contributed by atoms with E-state index in [1.165, 1.54) is 29.2 Å². The highest BCUT2D eigenvalue weighted by atomic mass is 32.2. The number of piperidine rings is 1. The van der Waals surface area contributed by atoms with E-state index in [1.807, 2.05) is 0 Å². The van der Waals surface area contributed by atoms with E-state index in [9.17, 15) is 26.4 Å². The van der Waals surface area contributed by atoms with Crippen LogP contribution < -0.4 is 5.14 Å². The highest BCUT2D eigenvalue weighted by molar-refractivity contribution is 7.89. The van der Waals surface area contributed by atoms with Crippen LogP contribution in [0.3, 0.4) is 0 Å². The number of likely N-dealkylation sites (tertiary alicyclic amines) is 1. The van der Waals surface area contributed by atoms with Crippen molar-refractivity contribution in [1.29, 1.82) is 0 Å². The number of nitrogens with zero attached hydrogens (tertiary/aromatic N) is 4. The number of alkyl halides is 3. The van der Waals surface area contributed by atoms with Gasteiger partial charge in [0, 0.05) is 19.5 Å². The topological polar surface area (TPSA) is 111 Å². The van der Waals surface area contributed by atoms with E-state index in [4.69, 9.17) is 5.14 Å². The number of rotatable bonds is 7. The molecule has 0 aliphatic carbocycles. The zero-order valence-corrected chi connectivity index (χ0v) is 21.1. The molecule has 12 heteroatoms. The minimum absolute atomic E-state index is 0.0538. The fraction of sp³-hybridized carbons (Fsp3) is 0.400. The monoisotopic (exact) mass is 535 g/mol. The van der Waals surface area contributed by atoms with Crippen molar-refractivity contribution in [1.82, 2.24) is 19.9 Å². The zero-order chi connectivity index (χ0) is 26.8. The molecule has 0 saturated carbocycles. The van der Waals surface area contributed by atoms with Crippen LogP contribution in [0, 0.1) is 6.92 Å². The first kappa shape index (κ1) is 26.8. The van der Waals surface area contributed by atoms with Crippen LogP contribution in [-0.4, -0.2) is 47.3 Å². The summed E-state index contributed by atoms with van der Waals surface area (Å²) >= 11 is 0. The maximum atomic E-state index is 13.3. The Labute approximate surface area is 213 Å². The number of halogens is 3.